The largest absolute Gasteiger partial charge is 0.495 e. The van der Waals surface area contributed by atoms with Crippen molar-refractivity contribution in [3.63, 3.8) is 0 Å². The first-order valence-corrected chi connectivity index (χ1v) is 7.33. The van der Waals surface area contributed by atoms with Gasteiger partial charge in [0.25, 0.3) is 5.91 Å². The molecule has 0 aliphatic heterocycles. The van der Waals surface area contributed by atoms with E-state index in [0.717, 1.165) is 0 Å². The number of rotatable bonds is 4. The van der Waals surface area contributed by atoms with Crippen molar-refractivity contribution in [3.05, 3.63) is 45.8 Å². The Kier molecular flexibility index (Phi) is 4.59. The summed E-state index contributed by atoms with van der Waals surface area (Å²) in [6, 6.07) is 6.84. The van der Waals surface area contributed by atoms with Crippen LogP contribution in [0.15, 0.2) is 24.3 Å². The molecule has 1 N–H and O–H groups in total. The van der Waals surface area contributed by atoms with Crippen LogP contribution in [0, 0.1) is 10.1 Å². The van der Waals surface area contributed by atoms with Crippen molar-refractivity contribution in [2.24, 2.45) is 7.05 Å². The van der Waals surface area contributed by atoms with E-state index in [-0.39, 0.29) is 17.1 Å². The van der Waals surface area contributed by atoms with Crippen molar-refractivity contribution in [2.75, 3.05) is 12.4 Å². The highest BCUT2D eigenvalue weighted by Gasteiger charge is 2.36. The van der Waals surface area contributed by atoms with Crippen LogP contribution in [0.4, 0.5) is 11.4 Å². The number of anilines is 1. The molecule has 0 unspecified atom stereocenters. The smallest absolute Gasteiger partial charge is 0.323 e. The Hall–Kier alpha value is -2.90. The van der Waals surface area contributed by atoms with Gasteiger partial charge in [-0.3, -0.25) is 19.6 Å². The Morgan fingerprint density at radius 2 is 1.96 bits per heavy atom. The summed E-state index contributed by atoms with van der Waals surface area (Å²) in [4.78, 5) is 23.6. The Morgan fingerprint density at radius 3 is 2.50 bits per heavy atom. The molecule has 0 saturated carbocycles. The van der Waals surface area contributed by atoms with Crippen LogP contribution in [0.25, 0.3) is 0 Å². The number of benzene rings is 1. The van der Waals surface area contributed by atoms with Crippen LogP contribution >= 0.6 is 0 Å². The second-order valence-corrected chi connectivity index (χ2v) is 6.33. The van der Waals surface area contributed by atoms with Gasteiger partial charge in [-0.05, 0) is 12.1 Å². The number of amides is 1. The molecule has 8 heteroatoms. The van der Waals surface area contributed by atoms with Crippen LogP contribution < -0.4 is 10.1 Å². The van der Waals surface area contributed by atoms with Gasteiger partial charge in [-0.25, -0.2) is 0 Å². The maximum absolute atomic E-state index is 12.6. The van der Waals surface area contributed by atoms with E-state index in [9.17, 15) is 14.9 Å². The molecule has 0 radical (unpaired) electrons. The molecule has 0 saturated heterocycles. The van der Waals surface area contributed by atoms with E-state index < -0.39 is 16.2 Å². The number of ether oxygens (including phenoxy) is 1. The Morgan fingerprint density at radius 1 is 1.33 bits per heavy atom. The summed E-state index contributed by atoms with van der Waals surface area (Å²) in [6.45, 7) is 5.43. The summed E-state index contributed by atoms with van der Waals surface area (Å²) in [6.07, 6.45) is 0. The third-order valence-corrected chi connectivity index (χ3v) is 3.49. The highest BCUT2D eigenvalue weighted by Crippen LogP contribution is 2.33. The average Bonchev–Trinajstić information content (AvgIpc) is 2.85. The van der Waals surface area contributed by atoms with Crippen molar-refractivity contribution in [1.29, 1.82) is 0 Å². The Bertz CT molecular complexity index is 790. The zero-order valence-corrected chi connectivity index (χ0v) is 14.3. The minimum absolute atomic E-state index is 0.101. The topological polar surface area (TPSA) is 99.3 Å². The predicted molar refractivity (Wildman–Crippen MR) is 89.5 cm³/mol. The SMILES string of the molecule is COc1ccccc1NC(=O)c1c([N+](=O)[O-])c(C(C)(C)C)nn1C. The van der Waals surface area contributed by atoms with Crippen LogP contribution in [0.2, 0.25) is 0 Å². The number of carbonyl (C=O) groups is 1. The lowest BCUT2D eigenvalue weighted by molar-refractivity contribution is -0.386. The zero-order chi connectivity index (χ0) is 18.1. The lowest BCUT2D eigenvalue weighted by atomic mass is 9.91. The molecule has 2 rings (SSSR count). The molecule has 1 aromatic carbocycles. The van der Waals surface area contributed by atoms with Gasteiger partial charge in [0.2, 0.25) is 5.69 Å². The van der Waals surface area contributed by atoms with Crippen LogP contribution in [0.5, 0.6) is 5.75 Å². The van der Waals surface area contributed by atoms with E-state index in [1.165, 1.54) is 18.8 Å². The molecule has 24 heavy (non-hydrogen) atoms. The summed E-state index contributed by atoms with van der Waals surface area (Å²) in [5.74, 6) is -0.150. The van der Waals surface area contributed by atoms with Gasteiger partial charge in [0.15, 0.2) is 0 Å². The van der Waals surface area contributed by atoms with Gasteiger partial charge in [0.1, 0.15) is 11.4 Å². The molecule has 2 aromatic rings. The van der Waals surface area contributed by atoms with E-state index in [1.807, 2.05) is 20.8 Å². The number of methoxy groups -OCH3 is 1. The second-order valence-electron chi connectivity index (χ2n) is 6.33. The Balaban J connectivity index is 2.50. The number of aromatic nitrogens is 2. The van der Waals surface area contributed by atoms with Crippen LogP contribution in [0.3, 0.4) is 0 Å². The monoisotopic (exact) mass is 332 g/mol. The number of nitrogens with one attached hydrogen (secondary N) is 1. The molecule has 1 aromatic heterocycles. The summed E-state index contributed by atoms with van der Waals surface area (Å²) in [7, 11) is 2.99. The Labute approximate surface area is 139 Å². The normalized spacial score (nSPS) is 11.2. The number of hydrogen-bond donors (Lipinski definition) is 1. The molecule has 8 nitrogen and oxygen atoms in total. The molecule has 0 atom stereocenters. The third-order valence-electron chi connectivity index (χ3n) is 3.49. The maximum Gasteiger partial charge on any atom is 0.323 e. The van der Waals surface area contributed by atoms with Crippen molar-refractivity contribution in [1.82, 2.24) is 9.78 Å². The number of nitro groups is 1. The minimum atomic E-state index is -0.614. The van der Waals surface area contributed by atoms with E-state index >= 15 is 0 Å². The summed E-state index contributed by atoms with van der Waals surface area (Å²) >= 11 is 0. The molecular weight excluding hydrogens is 312 g/mol. The highest BCUT2D eigenvalue weighted by atomic mass is 16.6. The number of hydrogen-bond acceptors (Lipinski definition) is 5. The minimum Gasteiger partial charge on any atom is -0.495 e. The van der Waals surface area contributed by atoms with Gasteiger partial charge in [-0.1, -0.05) is 32.9 Å². The second kappa shape index (κ2) is 6.31. The van der Waals surface area contributed by atoms with Crippen molar-refractivity contribution < 1.29 is 14.5 Å². The summed E-state index contributed by atoms with van der Waals surface area (Å²) in [5, 5.41) is 18.4. The molecule has 0 aliphatic rings. The number of para-hydroxylation sites is 2. The average molecular weight is 332 g/mol. The molecule has 0 spiro atoms. The predicted octanol–water partition coefficient (Wildman–Crippen LogP) is 2.89. The van der Waals surface area contributed by atoms with Gasteiger partial charge < -0.3 is 10.1 Å². The first kappa shape index (κ1) is 17.5. The lowest BCUT2D eigenvalue weighted by Gasteiger charge is -2.13. The van der Waals surface area contributed by atoms with Gasteiger partial charge in [-0.15, -0.1) is 0 Å². The van der Waals surface area contributed by atoms with E-state index in [4.69, 9.17) is 4.74 Å². The summed E-state index contributed by atoms with van der Waals surface area (Å²) in [5.41, 5.74) is -0.255. The molecule has 1 amide bonds. The van der Waals surface area contributed by atoms with Crippen LogP contribution in [0.1, 0.15) is 37.0 Å². The molecule has 128 valence electrons. The molecule has 0 fully saturated rings. The van der Waals surface area contributed by atoms with Crippen LogP contribution in [-0.4, -0.2) is 27.7 Å². The highest BCUT2D eigenvalue weighted by molar-refractivity contribution is 6.06. The van der Waals surface area contributed by atoms with Gasteiger partial charge in [0, 0.05) is 12.5 Å². The first-order valence-electron chi connectivity index (χ1n) is 7.33. The van der Waals surface area contributed by atoms with Gasteiger partial charge in [-0.2, -0.15) is 5.10 Å². The van der Waals surface area contributed by atoms with Crippen molar-refractivity contribution in [2.45, 2.75) is 26.2 Å². The number of carbonyl (C=O) groups excluding carboxylic acids is 1. The molecule has 1 heterocycles. The van der Waals surface area contributed by atoms with E-state index in [1.54, 1.807) is 24.3 Å². The fraction of sp³-hybridized carbons (Fsp3) is 0.375. The number of nitrogens with zero attached hydrogens (tertiary/aromatic N) is 3. The van der Waals surface area contributed by atoms with Crippen LogP contribution in [-0.2, 0) is 12.5 Å². The lowest BCUT2D eigenvalue weighted by Crippen LogP contribution is -2.18. The van der Waals surface area contributed by atoms with E-state index in [2.05, 4.69) is 10.4 Å². The fourth-order valence-corrected chi connectivity index (χ4v) is 2.37. The molecule has 0 aliphatic carbocycles. The first-order chi connectivity index (χ1) is 11.2. The summed E-state index contributed by atoms with van der Waals surface area (Å²) < 4.78 is 6.42. The maximum atomic E-state index is 12.6. The van der Waals surface area contributed by atoms with Crippen molar-refractivity contribution in [3.8, 4) is 5.75 Å². The van der Waals surface area contributed by atoms with Gasteiger partial charge >= 0.3 is 5.69 Å². The number of aryl methyl sites for hydroxylation is 1. The molecule has 0 bridgehead atoms. The molecular formula is C16H20N4O4. The zero-order valence-electron chi connectivity index (χ0n) is 14.3. The van der Waals surface area contributed by atoms with Crippen molar-refractivity contribution >= 4 is 17.3 Å². The third kappa shape index (κ3) is 3.22. The van der Waals surface area contributed by atoms with Gasteiger partial charge in [0.05, 0.1) is 17.7 Å². The quantitative estimate of drug-likeness (QED) is 0.685. The fourth-order valence-electron chi connectivity index (χ4n) is 2.37. The standard InChI is InChI=1S/C16H20N4O4/c1-16(2,3)14-12(20(22)23)13(19(4)18-14)15(21)17-10-8-6-7-9-11(10)24-5/h6-9H,1-5H3,(H,17,21). The van der Waals surface area contributed by atoms with E-state index in [0.29, 0.717) is 11.4 Å².